The van der Waals surface area contributed by atoms with Crippen molar-refractivity contribution in [1.29, 1.82) is 0 Å². The van der Waals surface area contributed by atoms with Crippen molar-refractivity contribution in [3.05, 3.63) is 60.3 Å². The largest absolute Gasteiger partial charge is 0.360 e. The molecule has 28 heavy (non-hydrogen) atoms. The van der Waals surface area contributed by atoms with Gasteiger partial charge < -0.3 is 16.0 Å². The molecule has 5 heteroatoms. The van der Waals surface area contributed by atoms with E-state index < -0.39 is 0 Å². The lowest BCUT2D eigenvalue weighted by molar-refractivity contribution is 0.415. The number of fused-ring (bicyclic) bond motifs is 1. The number of rotatable bonds is 4. The number of aryl methyl sites for hydroxylation is 1. The molecule has 1 heterocycles. The van der Waals surface area contributed by atoms with E-state index in [0.29, 0.717) is 11.2 Å². The van der Waals surface area contributed by atoms with Crippen molar-refractivity contribution >= 4 is 45.3 Å². The van der Waals surface area contributed by atoms with E-state index in [4.69, 9.17) is 12.2 Å². The molecule has 0 amide bonds. The fourth-order valence-corrected chi connectivity index (χ4v) is 4.12. The summed E-state index contributed by atoms with van der Waals surface area (Å²) in [5.74, 6) is 0. The lowest BCUT2D eigenvalue weighted by atomic mass is 9.96. The number of hydrogen-bond acceptors (Lipinski definition) is 3. The van der Waals surface area contributed by atoms with E-state index >= 15 is 0 Å². The van der Waals surface area contributed by atoms with Crippen molar-refractivity contribution in [2.24, 2.45) is 0 Å². The topological polar surface area (TPSA) is 49.0 Å². The first-order valence-corrected chi connectivity index (χ1v) is 10.4. The zero-order chi connectivity index (χ0) is 19.3. The predicted molar refractivity (Wildman–Crippen MR) is 122 cm³/mol. The molecular formula is C23H26N4S. The molecule has 0 bridgehead atoms. The number of pyridine rings is 1. The minimum Gasteiger partial charge on any atom is -0.360 e. The van der Waals surface area contributed by atoms with E-state index in [0.717, 1.165) is 33.7 Å². The Kier molecular flexibility index (Phi) is 5.72. The van der Waals surface area contributed by atoms with Crippen molar-refractivity contribution in [3.8, 4) is 0 Å². The van der Waals surface area contributed by atoms with Crippen LogP contribution < -0.4 is 16.0 Å². The summed E-state index contributed by atoms with van der Waals surface area (Å²) in [6.07, 6.45) is 6.30. The molecule has 4 rings (SSSR count). The van der Waals surface area contributed by atoms with Gasteiger partial charge >= 0.3 is 0 Å². The summed E-state index contributed by atoms with van der Waals surface area (Å²) < 4.78 is 0. The molecule has 1 aliphatic carbocycles. The van der Waals surface area contributed by atoms with Gasteiger partial charge in [0.1, 0.15) is 0 Å². The highest BCUT2D eigenvalue weighted by atomic mass is 32.1. The third kappa shape index (κ3) is 4.42. The van der Waals surface area contributed by atoms with Crippen LogP contribution in [-0.2, 0) is 0 Å². The number of hydrogen-bond donors (Lipinski definition) is 3. The normalized spacial score (nSPS) is 14.6. The first kappa shape index (κ1) is 18.7. The molecule has 1 aliphatic rings. The number of aromatic nitrogens is 1. The predicted octanol–water partition coefficient (Wildman–Crippen LogP) is 5.91. The van der Waals surface area contributed by atoms with Gasteiger partial charge in [-0.05, 0) is 56.2 Å². The molecule has 3 aromatic rings. The quantitative estimate of drug-likeness (QED) is 0.484. The van der Waals surface area contributed by atoms with Crippen LogP contribution in [0.15, 0.2) is 54.6 Å². The molecule has 0 saturated heterocycles. The van der Waals surface area contributed by atoms with Gasteiger partial charge in [-0.2, -0.15) is 0 Å². The summed E-state index contributed by atoms with van der Waals surface area (Å²) >= 11 is 5.58. The molecule has 0 unspecified atom stereocenters. The van der Waals surface area contributed by atoms with E-state index in [-0.39, 0.29) is 0 Å². The van der Waals surface area contributed by atoms with Crippen LogP contribution in [0.1, 0.15) is 37.8 Å². The second-order valence-corrected chi connectivity index (χ2v) is 7.84. The van der Waals surface area contributed by atoms with Gasteiger partial charge in [-0.1, -0.05) is 49.6 Å². The average molecular weight is 391 g/mol. The highest BCUT2D eigenvalue weighted by Crippen LogP contribution is 2.30. The second kappa shape index (κ2) is 8.57. The molecule has 0 aliphatic heterocycles. The van der Waals surface area contributed by atoms with Crippen LogP contribution in [0.4, 0.5) is 17.1 Å². The summed E-state index contributed by atoms with van der Waals surface area (Å²) in [4.78, 5) is 4.63. The maximum Gasteiger partial charge on any atom is 0.171 e. The van der Waals surface area contributed by atoms with Gasteiger partial charge in [-0.15, -0.1) is 0 Å². The smallest absolute Gasteiger partial charge is 0.171 e. The third-order valence-electron chi connectivity index (χ3n) is 5.23. The van der Waals surface area contributed by atoms with Gasteiger partial charge in [0.25, 0.3) is 0 Å². The van der Waals surface area contributed by atoms with E-state index in [1.165, 1.54) is 32.1 Å². The Hall–Kier alpha value is -2.66. The van der Waals surface area contributed by atoms with Gasteiger partial charge in [0.2, 0.25) is 0 Å². The molecule has 3 N–H and O–H groups in total. The zero-order valence-electron chi connectivity index (χ0n) is 16.2. The standard InChI is InChI=1S/C23H26N4S/c1-16-15-22(18-11-5-6-12-19(18)24-16)26-20-13-7-8-14-21(20)27-23(28)25-17-9-3-2-4-10-17/h5-8,11-15,17H,2-4,9-10H2,1H3,(H,24,26)(H2,25,27,28). The van der Waals surface area contributed by atoms with Gasteiger partial charge in [0, 0.05) is 22.8 Å². The van der Waals surface area contributed by atoms with Crippen molar-refractivity contribution in [2.75, 3.05) is 10.6 Å². The van der Waals surface area contributed by atoms with Crippen LogP contribution >= 0.6 is 12.2 Å². The van der Waals surface area contributed by atoms with Crippen LogP contribution in [0.3, 0.4) is 0 Å². The average Bonchev–Trinajstić information content (AvgIpc) is 2.70. The van der Waals surface area contributed by atoms with Gasteiger partial charge in [0.05, 0.1) is 16.9 Å². The van der Waals surface area contributed by atoms with E-state index in [2.05, 4.69) is 39.1 Å². The molecule has 0 radical (unpaired) electrons. The monoisotopic (exact) mass is 390 g/mol. The number of benzene rings is 2. The molecule has 1 aromatic heterocycles. The molecule has 1 saturated carbocycles. The van der Waals surface area contributed by atoms with Gasteiger partial charge in [-0.25, -0.2) is 0 Å². The molecule has 4 nitrogen and oxygen atoms in total. The zero-order valence-corrected chi connectivity index (χ0v) is 17.0. The SMILES string of the molecule is Cc1cc(Nc2ccccc2NC(=S)NC2CCCCC2)c2ccccc2n1. The van der Waals surface area contributed by atoms with Gasteiger partial charge in [0.15, 0.2) is 5.11 Å². The van der Waals surface area contributed by atoms with Crippen molar-refractivity contribution < 1.29 is 0 Å². The number of nitrogens with zero attached hydrogens (tertiary/aromatic N) is 1. The summed E-state index contributed by atoms with van der Waals surface area (Å²) in [7, 11) is 0. The molecule has 144 valence electrons. The van der Waals surface area contributed by atoms with E-state index in [9.17, 15) is 0 Å². The van der Waals surface area contributed by atoms with Crippen molar-refractivity contribution in [3.63, 3.8) is 0 Å². The Morgan fingerprint density at radius 3 is 2.46 bits per heavy atom. The lowest BCUT2D eigenvalue weighted by Crippen LogP contribution is -2.38. The Morgan fingerprint density at radius 2 is 1.64 bits per heavy atom. The van der Waals surface area contributed by atoms with Crippen molar-refractivity contribution in [2.45, 2.75) is 45.1 Å². The number of thiocarbonyl (C=S) groups is 1. The van der Waals surface area contributed by atoms with Crippen LogP contribution in [0.25, 0.3) is 10.9 Å². The Morgan fingerprint density at radius 1 is 0.929 bits per heavy atom. The Balaban J connectivity index is 1.54. The Labute approximate surface area is 171 Å². The number of para-hydroxylation sites is 3. The highest BCUT2D eigenvalue weighted by molar-refractivity contribution is 7.80. The fraction of sp³-hybridized carbons (Fsp3) is 0.304. The van der Waals surface area contributed by atoms with Crippen LogP contribution in [0.5, 0.6) is 0 Å². The van der Waals surface area contributed by atoms with Gasteiger partial charge in [-0.3, -0.25) is 4.98 Å². The number of anilines is 3. The third-order valence-corrected chi connectivity index (χ3v) is 5.45. The molecule has 2 aromatic carbocycles. The van der Waals surface area contributed by atoms with Crippen LogP contribution in [-0.4, -0.2) is 16.1 Å². The van der Waals surface area contributed by atoms with Crippen LogP contribution in [0, 0.1) is 6.92 Å². The lowest BCUT2D eigenvalue weighted by Gasteiger charge is -2.25. The summed E-state index contributed by atoms with van der Waals surface area (Å²) in [5.41, 5.74) is 4.98. The molecular weight excluding hydrogens is 364 g/mol. The fourth-order valence-electron chi connectivity index (χ4n) is 3.85. The molecule has 1 fully saturated rings. The highest BCUT2D eigenvalue weighted by Gasteiger charge is 2.15. The van der Waals surface area contributed by atoms with E-state index in [1.54, 1.807) is 0 Å². The molecule has 0 spiro atoms. The second-order valence-electron chi connectivity index (χ2n) is 7.43. The minimum absolute atomic E-state index is 0.487. The maximum absolute atomic E-state index is 5.58. The van der Waals surface area contributed by atoms with E-state index in [1.807, 2.05) is 43.3 Å². The summed E-state index contributed by atoms with van der Waals surface area (Å²) in [5, 5.41) is 12.2. The summed E-state index contributed by atoms with van der Waals surface area (Å²) in [6.45, 7) is 2.02. The first-order valence-electron chi connectivity index (χ1n) is 9.99. The Bertz CT molecular complexity index is 979. The summed E-state index contributed by atoms with van der Waals surface area (Å²) in [6, 6.07) is 18.9. The molecule has 0 atom stereocenters. The maximum atomic E-state index is 5.58. The van der Waals surface area contributed by atoms with Crippen molar-refractivity contribution in [1.82, 2.24) is 10.3 Å². The van der Waals surface area contributed by atoms with Crippen LogP contribution in [0.2, 0.25) is 0 Å². The minimum atomic E-state index is 0.487. The number of nitrogens with one attached hydrogen (secondary N) is 3. The first-order chi connectivity index (χ1) is 13.7.